The zero-order valence-electron chi connectivity index (χ0n) is 8.08. The quantitative estimate of drug-likeness (QED) is 0.643. The van der Waals surface area contributed by atoms with Crippen LogP contribution in [0.4, 0.5) is 0 Å². The Balaban J connectivity index is 2.41. The first kappa shape index (κ1) is 10.5. The molecule has 2 unspecified atom stereocenters. The Labute approximate surface area is 78.8 Å². The number of hydrogen-bond acceptors (Lipinski definition) is 3. The van der Waals surface area contributed by atoms with E-state index in [1.807, 2.05) is 6.92 Å². The number of carbonyl (C=O) groups excluding carboxylic acids is 1. The van der Waals surface area contributed by atoms with E-state index in [0.717, 1.165) is 19.4 Å². The summed E-state index contributed by atoms with van der Waals surface area (Å²) in [5, 5.41) is 3.26. The third kappa shape index (κ3) is 2.97. The molecule has 3 N–H and O–H groups in total. The molecule has 0 spiro atoms. The highest BCUT2D eigenvalue weighted by Gasteiger charge is 2.28. The zero-order valence-corrected chi connectivity index (χ0v) is 8.08. The van der Waals surface area contributed by atoms with E-state index >= 15 is 0 Å². The van der Waals surface area contributed by atoms with E-state index in [2.05, 4.69) is 5.32 Å². The topological polar surface area (TPSA) is 64.3 Å². The molecule has 1 amide bonds. The monoisotopic (exact) mass is 186 g/mol. The number of rotatable bonds is 4. The molecular weight excluding hydrogens is 168 g/mol. The minimum absolute atomic E-state index is 0.0553. The van der Waals surface area contributed by atoms with Crippen molar-refractivity contribution in [2.24, 2.45) is 11.7 Å². The largest absolute Gasteiger partial charge is 0.380 e. The van der Waals surface area contributed by atoms with E-state index in [1.165, 1.54) is 0 Å². The average molecular weight is 186 g/mol. The highest BCUT2D eigenvalue weighted by Crippen LogP contribution is 2.16. The van der Waals surface area contributed by atoms with Gasteiger partial charge in [-0.15, -0.1) is 0 Å². The molecule has 0 bridgehead atoms. The normalized spacial score (nSPS) is 28.7. The Bertz CT molecular complexity index is 173. The van der Waals surface area contributed by atoms with Crippen LogP contribution in [0, 0.1) is 5.92 Å². The number of nitrogens with one attached hydrogen (secondary N) is 1. The van der Waals surface area contributed by atoms with E-state index in [-0.39, 0.29) is 17.9 Å². The Hall–Kier alpha value is -0.610. The van der Waals surface area contributed by atoms with Crippen molar-refractivity contribution >= 4 is 5.91 Å². The molecule has 4 heteroatoms. The van der Waals surface area contributed by atoms with E-state index in [0.29, 0.717) is 13.2 Å². The van der Waals surface area contributed by atoms with Crippen LogP contribution < -0.4 is 11.1 Å². The molecule has 0 saturated carbocycles. The number of amides is 1. The van der Waals surface area contributed by atoms with Gasteiger partial charge in [-0.3, -0.25) is 4.79 Å². The van der Waals surface area contributed by atoms with Crippen molar-refractivity contribution in [2.75, 3.05) is 19.8 Å². The standard InChI is InChI=1S/C9H18N2O2/c1-2-13-6-8-7(9(10)12)4-3-5-11-8/h7-8,11H,2-6H2,1H3,(H2,10,12). The molecule has 0 aromatic rings. The first-order valence-electron chi connectivity index (χ1n) is 4.86. The fraction of sp³-hybridized carbons (Fsp3) is 0.889. The molecule has 1 rings (SSSR count). The van der Waals surface area contributed by atoms with Crippen LogP contribution >= 0.6 is 0 Å². The van der Waals surface area contributed by atoms with E-state index in [9.17, 15) is 4.79 Å². The van der Waals surface area contributed by atoms with Crippen LogP contribution in [0.2, 0.25) is 0 Å². The first-order valence-corrected chi connectivity index (χ1v) is 4.86. The second-order valence-corrected chi connectivity index (χ2v) is 3.37. The van der Waals surface area contributed by atoms with Crippen molar-refractivity contribution in [1.82, 2.24) is 5.32 Å². The van der Waals surface area contributed by atoms with Gasteiger partial charge in [-0.25, -0.2) is 0 Å². The summed E-state index contributed by atoms with van der Waals surface area (Å²) in [5.41, 5.74) is 5.29. The van der Waals surface area contributed by atoms with E-state index in [1.54, 1.807) is 0 Å². The molecule has 1 aliphatic heterocycles. The summed E-state index contributed by atoms with van der Waals surface area (Å²) < 4.78 is 5.28. The number of piperidine rings is 1. The molecular formula is C9H18N2O2. The predicted octanol–water partition coefficient (Wildman–Crippen LogP) is -0.124. The van der Waals surface area contributed by atoms with Crippen LogP contribution in [0.25, 0.3) is 0 Å². The molecule has 2 atom stereocenters. The molecule has 0 radical (unpaired) electrons. The Morgan fingerprint density at radius 3 is 3.08 bits per heavy atom. The van der Waals surface area contributed by atoms with Crippen LogP contribution in [-0.2, 0) is 9.53 Å². The Morgan fingerprint density at radius 2 is 2.46 bits per heavy atom. The van der Waals surface area contributed by atoms with Gasteiger partial charge in [-0.1, -0.05) is 0 Å². The summed E-state index contributed by atoms with van der Waals surface area (Å²) in [7, 11) is 0. The molecule has 1 fully saturated rings. The number of carbonyl (C=O) groups is 1. The third-order valence-corrected chi connectivity index (χ3v) is 2.45. The van der Waals surface area contributed by atoms with Gasteiger partial charge in [0, 0.05) is 12.6 Å². The zero-order chi connectivity index (χ0) is 9.68. The van der Waals surface area contributed by atoms with Crippen LogP contribution in [0.1, 0.15) is 19.8 Å². The minimum atomic E-state index is -0.211. The SMILES string of the molecule is CCOCC1NCCCC1C(N)=O. The molecule has 1 saturated heterocycles. The molecule has 1 aliphatic rings. The lowest BCUT2D eigenvalue weighted by molar-refractivity contribution is -0.124. The highest BCUT2D eigenvalue weighted by molar-refractivity contribution is 5.77. The van der Waals surface area contributed by atoms with E-state index < -0.39 is 0 Å². The maximum Gasteiger partial charge on any atom is 0.222 e. The molecule has 13 heavy (non-hydrogen) atoms. The molecule has 1 heterocycles. The van der Waals surface area contributed by atoms with Crippen LogP contribution in [-0.4, -0.2) is 31.7 Å². The van der Waals surface area contributed by atoms with Gasteiger partial charge < -0.3 is 15.8 Å². The summed E-state index contributed by atoms with van der Waals surface area (Å²) in [5.74, 6) is -0.266. The summed E-state index contributed by atoms with van der Waals surface area (Å²) in [4.78, 5) is 11.1. The highest BCUT2D eigenvalue weighted by atomic mass is 16.5. The van der Waals surface area contributed by atoms with Crippen LogP contribution in [0.15, 0.2) is 0 Å². The predicted molar refractivity (Wildman–Crippen MR) is 50.2 cm³/mol. The first-order chi connectivity index (χ1) is 6.25. The second kappa shape index (κ2) is 5.19. The fourth-order valence-electron chi connectivity index (χ4n) is 1.71. The van der Waals surface area contributed by atoms with Crippen molar-refractivity contribution in [1.29, 1.82) is 0 Å². The lowest BCUT2D eigenvalue weighted by Gasteiger charge is -2.30. The van der Waals surface area contributed by atoms with E-state index in [4.69, 9.17) is 10.5 Å². The molecule has 0 aromatic heterocycles. The van der Waals surface area contributed by atoms with Gasteiger partial charge in [0.05, 0.1) is 12.5 Å². The summed E-state index contributed by atoms with van der Waals surface area (Å²) in [6.07, 6.45) is 1.91. The van der Waals surface area contributed by atoms with Crippen molar-refractivity contribution in [2.45, 2.75) is 25.8 Å². The smallest absolute Gasteiger partial charge is 0.222 e. The Morgan fingerprint density at radius 1 is 1.69 bits per heavy atom. The summed E-state index contributed by atoms with van der Waals surface area (Å²) in [6.45, 7) is 4.18. The summed E-state index contributed by atoms with van der Waals surface area (Å²) >= 11 is 0. The molecule has 0 aliphatic carbocycles. The lowest BCUT2D eigenvalue weighted by Crippen LogP contribution is -2.49. The van der Waals surface area contributed by atoms with Gasteiger partial charge in [-0.2, -0.15) is 0 Å². The fourth-order valence-corrected chi connectivity index (χ4v) is 1.71. The molecule has 76 valence electrons. The molecule has 4 nitrogen and oxygen atoms in total. The van der Waals surface area contributed by atoms with Gasteiger partial charge in [-0.05, 0) is 26.3 Å². The maximum absolute atomic E-state index is 11.1. The van der Waals surface area contributed by atoms with Crippen molar-refractivity contribution in [3.05, 3.63) is 0 Å². The van der Waals surface area contributed by atoms with Crippen LogP contribution in [0.5, 0.6) is 0 Å². The molecule has 0 aromatic carbocycles. The lowest BCUT2D eigenvalue weighted by atomic mass is 9.91. The summed E-state index contributed by atoms with van der Waals surface area (Å²) in [6, 6.07) is 0.117. The maximum atomic E-state index is 11.1. The van der Waals surface area contributed by atoms with Gasteiger partial charge >= 0.3 is 0 Å². The van der Waals surface area contributed by atoms with Crippen molar-refractivity contribution in [3.8, 4) is 0 Å². The van der Waals surface area contributed by atoms with Gasteiger partial charge in [0.2, 0.25) is 5.91 Å². The van der Waals surface area contributed by atoms with Crippen LogP contribution in [0.3, 0.4) is 0 Å². The Kier molecular flexibility index (Phi) is 4.18. The number of primary amides is 1. The number of ether oxygens (including phenoxy) is 1. The average Bonchev–Trinajstić information content (AvgIpc) is 2.15. The minimum Gasteiger partial charge on any atom is -0.380 e. The van der Waals surface area contributed by atoms with Gasteiger partial charge in [0.15, 0.2) is 0 Å². The van der Waals surface area contributed by atoms with Gasteiger partial charge in [0.25, 0.3) is 0 Å². The van der Waals surface area contributed by atoms with Crippen molar-refractivity contribution < 1.29 is 9.53 Å². The van der Waals surface area contributed by atoms with Gasteiger partial charge in [0.1, 0.15) is 0 Å². The third-order valence-electron chi connectivity index (χ3n) is 2.45. The number of hydrogen-bond donors (Lipinski definition) is 2. The second-order valence-electron chi connectivity index (χ2n) is 3.37. The van der Waals surface area contributed by atoms with Crippen molar-refractivity contribution in [3.63, 3.8) is 0 Å². The number of nitrogens with two attached hydrogens (primary N) is 1.